The number of nitrogens with two attached hydrogens (primary N) is 1. The van der Waals surface area contributed by atoms with Crippen molar-refractivity contribution in [1.29, 1.82) is 0 Å². The maximum absolute atomic E-state index is 12.7. The Morgan fingerprint density at radius 3 is 2.74 bits per heavy atom. The van der Waals surface area contributed by atoms with Gasteiger partial charge in [0.15, 0.2) is 0 Å². The van der Waals surface area contributed by atoms with Crippen molar-refractivity contribution in [3.8, 4) is 0 Å². The number of aryl methyl sites for hydroxylation is 1. The number of benzene rings is 1. The van der Waals surface area contributed by atoms with Gasteiger partial charge in [-0.2, -0.15) is 0 Å². The molecule has 0 aliphatic heterocycles. The fourth-order valence-corrected chi connectivity index (χ4v) is 3.86. The lowest BCUT2D eigenvalue weighted by molar-refractivity contribution is -0.129. The molecule has 3 N–H and O–H groups in total. The number of nitrogens with one attached hydrogen (secondary N) is 1. The maximum Gasteiger partial charge on any atom is 0.223 e. The summed E-state index contributed by atoms with van der Waals surface area (Å²) in [5.41, 5.74) is 8.53. The summed E-state index contributed by atoms with van der Waals surface area (Å²) in [6.07, 6.45) is 3.42. The van der Waals surface area contributed by atoms with Crippen molar-refractivity contribution < 1.29 is 4.79 Å². The zero-order valence-corrected chi connectivity index (χ0v) is 15.0. The Morgan fingerprint density at radius 1 is 1.35 bits per heavy atom. The third-order valence-electron chi connectivity index (χ3n) is 5.33. The van der Waals surface area contributed by atoms with Crippen molar-refractivity contribution >= 4 is 5.91 Å². The second-order valence-electron chi connectivity index (χ2n) is 7.70. The molecule has 3 heteroatoms. The summed E-state index contributed by atoms with van der Waals surface area (Å²) in [4.78, 5) is 12.7. The Hall–Kier alpha value is -1.35. The molecule has 1 amide bonds. The van der Waals surface area contributed by atoms with Crippen molar-refractivity contribution in [1.82, 2.24) is 5.32 Å². The Morgan fingerprint density at radius 2 is 2.09 bits per heavy atom. The van der Waals surface area contributed by atoms with Gasteiger partial charge in [0.05, 0.1) is 0 Å². The van der Waals surface area contributed by atoms with Crippen molar-refractivity contribution in [2.45, 2.75) is 53.0 Å². The summed E-state index contributed by atoms with van der Waals surface area (Å²) in [6.45, 7) is 9.30. The summed E-state index contributed by atoms with van der Waals surface area (Å²) >= 11 is 0. The van der Waals surface area contributed by atoms with E-state index in [0.29, 0.717) is 24.3 Å². The van der Waals surface area contributed by atoms with E-state index in [2.05, 4.69) is 45.1 Å². The minimum atomic E-state index is -0.141. The van der Waals surface area contributed by atoms with E-state index in [-0.39, 0.29) is 17.9 Å². The lowest BCUT2D eigenvalue weighted by Crippen LogP contribution is -2.42. The average molecular weight is 316 g/mol. The van der Waals surface area contributed by atoms with Gasteiger partial charge in [-0.15, -0.1) is 0 Å². The van der Waals surface area contributed by atoms with Gasteiger partial charge in [-0.3, -0.25) is 4.79 Å². The standard InChI is InChI=1S/C20H32N2O/c1-13(2)17-9-8-15(4)11-18(17)20(23)22-12-19(21)16-7-5-6-14(3)10-16/h5-7,10,13,15,17-19H,8-9,11-12,21H2,1-4H3,(H,22,23)/t15-,17+,18-,19-/m1/s1. The van der Waals surface area contributed by atoms with E-state index < -0.39 is 0 Å². The summed E-state index contributed by atoms with van der Waals surface area (Å²) < 4.78 is 0. The van der Waals surface area contributed by atoms with Crippen molar-refractivity contribution in [3.63, 3.8) is 0 Å². The third kappa shape index (κ3) is 4.81. The SMILES string of the molecule is Cc1cccc([C@H](N)CNC(=O)[C@@H]2C[C@H](C)CC[C@H]2C(C)C)c1. The van der Waals surface area contributed by atoms with Gasteiger partial charge >= 0.3 is 0 Å². The predicted molar refractivity (Wildman–Crippen MR) is 96.0 cm³/mol. The molecule has 0 radical (unpaired) electrons. The summed E-state index contributed by atoms with van der Waals surface area (Å²) in [6, 6.07) is 8.06. The molecule has 0 aromatic heterocycles. The van der Waals surface area contributed by atoms with E-state index in [1.807, 2.05) is 12.1 Å². The molecular formula is C20H32N2O. The van der Waals surface area contributed by atoms with Crippen LogP contribution in [-0.2, 0) is 4.79 Å². The fraction of sp³-hybridized carbons (Fsp3) is 0.650. The van der Waals surface area contributed by atoms with Crippen molar-refractivity contribution in [2.24, 2.45) is 29.4 Å². The Kier molecular flexibility index (Phi) is 6.23. The third-order valence-corrected chi connectivity index (χ3v) is 5.33. The molecule has 0 unspecified atom stereocenters. The van der Waals surface area contributed by atoms with E-state index in [0.717, 1.165) is 12.0 Å². The lowest BCUT2D eigenvalue weighted by Gasteiger charge is -2.36. The first-order chi connectivity index (χ1) is 10.9. The summed E-state index contributed by atoms with van der Waals surface area (Å²) in [5, 5.41) is 3.11. The number of carbonyl (C=O) groups excluding carboxylic acids is 1. The number of hydrogen-bond acceptors (Lipinski definition) is 2. The molecule has 128 valence electrons. The zero-order valence-electron chi connectivity index (χ0n) is 15.0. The van der Waals surface area contributed by atoms with E-state index in [1.54, 1.807) is 0 Å². The van der Waals surface area contributed by atoms with E-state index in [1.165, 1.54) is 18.4 Å². The molecule has 2 rings (SSSR count). The highest BCUT2D eigenvalue weighted by molar-refractivity contribution is 5.79. The van der Waals surface area contributed by atoms with E-state index in [9.17, 15) is 4.79 Å². The van der Waals surface area contributed by atoms with Crippen LogP contribution in [0.3, 0.4) is 0 Å². The molecule has 23 heavy (non-hydrogen) atoms. The quantitative estimate of drug-likeness (QED) is 0.867. The topological polar surface area (TPSA) is 55.1 Å². The number of rotatable bonds is 5. The molecule has 0 spiro atoms. The van der Waals surface area contributed by atoms with Gasteiger partial charge in [-0.05, 0) is 43.1 Å². The number of carbonyl (C=O) groups is 1. The molecule has 1 aliphatic rings. The molecule has 4 atom stereocenters. The van der Waals surface area contributed by atoms with Gasteiger partial charge in [-0.25, -0.2) is 0 Å². The Balaban J connectivity index is 1.94. The predicted octanol–water partition coefficient (Wildman–Crippen LogP) is 3.82. The lowest BCUT2D eigenvalue weighted by atomic mass is 9.70. The molecule has 3 nitrogen and oxygen atoms in total. The molecule has 0 bridgehead atoms. The minimum Gasteiger partial charge on any atom is -0.354 e. The normalized spacial score (nSPS) is 26.1. The van der Waals surface area contributed by atoms with Crippen LogP contribution in [0.4, 0.5) is 0 Å². The smallest absolute Gasteiger partial charge is 0.223 e. The van der Waals surface area contributed by atoms with Crippen LogP contribution >= 0.6 is 0 Å². The molecular weight excluding hydrogens is 284 g/mol. The van der Waals surface area contributed by atoms with Crippen molar-refractivity contribution in [3.05, 3.63) is 35.4 Å². The zero-order chi connectivity index (χ0) is 17.0. The highest BCUT2D eigenvalue weighted by Crippen LogP contribution is 2.38. The number of hydrogen-bond donors (Lipinski definition) is 2. The fourth-order valence-electron chi connectivity index (χ4n) is 3.86. The van der Waals surface area contributed by atoms with E-state index in [4.69, 9.17) is 5.73 Å². The first kappa shape index (κ1) is 18.0. The van der Waals surface area contributed by atoms with Gasteiger partial charge in [0.1, 0.15) is 0 Å². The van der Waals surface area contributed by atoms with Crippen molar-refractivity contribution in [2.75, 3.05) is 6.54 Å². The van der Waals surface area contributed by atoms with Crippen LogP contribution in [0.25, 0.3) is 0 Å². The molecule has 0 saturated heterocycles. The first-order valence-electron chi connectivity index (χ1n) is 8.98. The Bertz CT molecular complexity index is 526. The maximum atomic E-state index is 12.7. The second kappa shape index (κ2) is 7.96. The molecule has 1 aliphatic carbocycles. The van der Waals surface area contributed by atoms with E-state index >= 15 is 0 Å². The summed E-state index contributed by atoms with van der Waals surface area (Å²) in [5.74, 6) is 2.04. The van der Waals surface area contributed by atoms with Crippen LogP contribution in [0.2, 0.25) is 0 Å². The van der Waals surface area contributed by atoms with Gasteiger partial charge in [0, 0.05) is 18.5 Å². The highest BCUT2D eigenvalue weighted by atomic mass is 16.1. The second-order valence-corrected chi connectivity index (χ2v) is 7.70. The molecule has 1 aromatic rings. The summed E-state index contributed by atoms with van der Waals surface area (Å²) in [7, 11) is 0. The van der Waals surface area contributed by atoms with Crippen LogP contribution in [0, 0.1) is 30.6 Å². The monoisotopic (exact) mass is 316 g/mol. The van der Waals surface area contributed by atoms with Crippen LogP contribution in [0.5, 0.6) is 0 Å². The van der Waals surface area contributed by atoms with Crippen LogP contribution in [0.15, 0.2) is 24.3 Å². The number of amides is 1. The first-order valence-corrected chi connectivity index (χ1v) is 8.98. The van der Waals surface area contributed by atoms with Gasteiger partial charge in [0.2, 0.25) is 5.91 Å². The van der Waals surface area contributed by atoms with Crippen LogP contribution in [0.1, 0.15) is 57.2 Å². The van der Waals surface area contributed by atoms with Gasteiger partial charge < -0.3 is 11.1 Å². The minimum absolute atomic E-state index is 0.141. The molecule has 1 fully saturated rings. The van der Waals surface area contributed by atoms with Crippen LogP contribution < -0.4 is 11.1 Å². The van der Waals surface area contributed by atoms with Gasteiger partial charge in [0.25, 0.3) is 0 Å². The molecule has 0 heterocycles. The van der Waals surface area contributed by atoms with Gasteiger partial charge in [-0.1, -0.05) is 57.0 Å². The molecule has 1 aromatic carbocycles. The Labute approximate surface area is 141 Å². The van der Waals surface area contributed by atoms with Crippen LogP contribution in [-0.4, -0.2) is 12.5 Å². The largest absolute Gasteiger partial charge is 0.354 e. The average Bonchev–Trinajstić information content (AvgIpc) is 2.51. The highest BCUT2D eigenvalue weighted by Gasteiger charge is 2.35. The molecule has 1 saturated carbocycles.